The molecule has 0 saturated carbocycles. The first kappa shape index (κ1) is 13.8. The van der Waals surface area contributed by atoms with Crippen LogP contribution in [0.2, 0.25) is 0 Å². The molecule has 0 atom stereocenters. The molecule has 0 aliphatic carbocycles. The van der Waals surface area contributed by atoms with E-state index in [1.54, 1.807) is 6.92 Å². The Morgan fingerprint density at radius 3 is 2.73 bits per heavy atom. The summed E-state index contributed by atoms with van der Waals surface area (Å²) >= 11 is 0. The molecular formula is C12H9N3O7. The highest BCUT2D eigenvalue weighted by molar-refractivity contribution is 5.95. The Kier molecular flexibility index (Phi) is 3.33. The number of ether oxygens (including phenoxy) is 3. The van der Waals surface area contributed by atoms with Crippen molar-refractivity contribution >= 4 is 11.7 Å². The van der Waals surface area contributed by atoms with Crippen LogP contribution in [-0.2, 0) is 11.3 Å². The molecule has 0 radical (unpaired) electrons. The second-order valence-electron chi connectivity index (χ2n) is 4.27. The van der Waals surface area contributed by atoms with Crippen LogP contribution in [0.15, 0.2) is 16.5 Å². The number of esters is 1. The molecule has 0 N–H and O–H groups in total. The maximum Gasteiger partial charge on any atom is 0.345 e. The maximum atomic E-state index is 12.0. The molecule has 0 saturated heterocycles. The summed E-state index contributed by atoms with van der Waals surface area (Å²) in [5.41, 5.74) is -0.679. The molecule has 0 fully saturated rings. The van der Waals surface area contributed by atoms with Crippen LogP contribution in [-0.4, -0.2) is 27.9 Å². The van der Waals surface area contributed by atoms with Crippen molar-refractivity contribution in [2.24, 2.45) is 0 Å². The number of carbonyl (C=O) groups is 1. The molecule has 1 aromatic carbocycles. The summed E-state index contributed by atoms with van der Waals surface area (Å²) in [6.07, 6.45) is 0. The first-order valence-corrected chi connectivity index (χ1v) is 6.08. The lowest BCUT2D eigenvalue weighted by atomic mass is 10.1. The molecule has 1 aliphatic rings. The number of aromatic nitrogens is 2. The first-order chi connectivity index (χ1) is 10.5. The molecule has 22 heavy (non-hydrogen) atoms. The summed E-state index contributed by atoms with van der Waals surface area (Å²) in [6.45, 7) is 1.23. The van der Waals surface area contributed by atoms with E-state index in [0.717, 1.165) is 6.07 Å². The van der Waals surface area contributed by atoms with Crippen LogP contribution in [0.1, 0.15) is 22.1 Å². The van der Waals surface area contributed by atoms with Gasteiger partial charge in [0.2, 0.25) is 12.7 Å². The van der Waals surface area contributed by atoms with Gasteiger partial charge in [-0.1, -0.05) is 0 Å². The third-order valence-corrected chi connectivity index (χ3v) is 2.80. The fourth-order valence-electron chi connectivity index (χ4n) is 1.85. The Bertz CT molecular complexity index is 755. The number of nitro groups is 1. The average Bonchev–Trinajstić information content (AvgIpc) is 3.11. The number of carbonyl (C=O) groups excluding carboxylic acids is 1. The van der Waals surface area contributed by atoms with Crippen molar-refractivity contribution in [3.63, 3.8) is 0 Å². The Balaban J connectivity index is 1.83. The van der Waals surface area contributed by atoms with Gasteiger partial charge in [0, 0.05) is 13.0 Å². The quantitative estimate of drug-likeness (QED) is 0.467. The summed E-state index contributed by atoms with van der Waals surface area (Å²) in [5, 5.41) is 18.3. The van der Waals surface area contributed by atoms with Gasteiger partial charge in [0.15, 0.2) is 18.1 Å². The summed E-state index contributed by atoms with van der Waals surface area (Å²) in [5.74, 6) is -0.0443. The fourth-order valence-corrected chi connectivity index (χ4v) is 1.85. The second kappa shape index (κ2) is 5.31. The number of aryl methyl sites for hydroxylation is 1. The predicted molar refractivity (Wildman–Crippen MR) is 67.4 cm³/mol. The zero-order chi connectivity index (χ0) is 15.7. The van der Waals surface area contributed by atoms with E-state index in [1.807, 2.05) is 0 Å². The smallest absolute Gasteiger partial charge is 0.345 e. The Morgan fingerprint density at radius 2 is 2.09 bits per heavy atom. The van der Waals surface area contributed by atoms with Crippen LogP contribution < -0.4 is 9.47 Å². The monoisotopic (exact) mass is 307 g/mol. The predicted octanol–water partition coefficient (Wildman–Crippen LogP) is 1.37. The summed E-state index contributed by atoms with van der Waals surface area (Å²) in [6, 6.07) is 2.33. The zero-order valence-electron chi connectivity index (χ0n) is 11.3. The lowest BCUT2D eigenvalue weighted by Crippen LogP contribution is -2.08. The van der Waals surface area contributed by atoms with Gasteiger partial charge in [-0.3, -0.25) is 10.1 Å². The maximum absolute atomic E-state index is 12.0. The van der Waals surface area contributed by atoms with Crippen molar-refractivity contribution in [1.82, 2.24) is 10.2 Å². The molecule has 2 aromatic rings. The number of nitro benzene ring substituents is 1. The van der Waals surface area contributed by atoms with E-state index in [0.29, 0.717) is 5.89 Å². The van der Waals surface area contributed by atoms with Crippen LogP contribution in [0.3, 0.4) is 0 Å². The molecule has 0 unspecified atom stereocenters. The van der Waals surface area contributed by atoms with E-state index >= 15 is 0 Å². The molecule has 0 bridgehead atoms. The summed E-state index contributed by atoms with van der Waals surface area (Å²) in [4.78, 5) is 22.4. The van der Waals surface area contributed by atoms with Gasteiger partial charge < -0.3 is 18.6 Å². The van der Waals surface area contributed by atoms with Gasteiger partial charge in [0.25, 0.3) is 11.6 Å². The van der Waals surface area contributed by atoms with Crippen molar-refractivity contribution in [3.8, 4) is 11.5 Å². The van der Waals surface area contributed by atoms with Crippen LogP contribution in [0, 0.1) is 17.0 Å². The van der Waals surface area contributed by atoms with E-state index in [2.05, 4.69) is 10.2 Å². The van der Waals surface area contributed by atoms with Gasteiger partial charge in [-0.2, -0.15) is 0 Å². The SMILES string of the molecule is Cc1nnc(COC(=O)c2cc3c(cc2[N+](=O)[O-])OCO3)o1. The second-order valence-corrected chi connectivity index (χ2v) is 4.27. The number of nitrogens with zero attached hydrogens (tertiary/aromatic N) is 3. The van der Waals surface area contributed by atoms with E-state index in [9.17, 15) is 14.9 Å². The van der Waals surface area contributed by atoms with Crippen molar-refractivity contribution in [2.45, 2.75) is 13.5 Å². The third kappa shape index (κ3) is 2.53. The largest absolute Gasteiger partial charge is 0.454 e. The molecule has 10 heteroatoms. The molecule has 0 amide bonds. The summed E-state index contributed by atoms with van der Waals surface area (Å²) < 4.78 is 20.1. The van der Waals surface area contributed by atoms with E-state index in [4.69, 9.17) is 18.6 Å². The lowest BCUT2D eigenvalue weighted by molar-refractivity contribution is -0.385. The Hall–Kier alpha value is -3.17. The average molecular weight is 307 g/mol. The molecule has 1 aromatic heterocycles. The Labute approximate surface area is 122 Å². The van der Waals surface area contributed by atoms with E-state index in [1.165, 1.54) is 6.07 Å². The van der Waals surface area contributed by atoms with Crippen molar-refractivity contribution in [3.05, 3.63) is 39.6 Å². The van der Waals surface area contributed by atoms with Crippen LogP contribution in [0.5, 0.6) is 11.5 Å². The number of hydrogen-bond acceptors (Lipinski definition) is 9. The normalized spacial score (nSPS) is 12.2. The minimum Gasteiger partial charge on any atom is -0.454 e. The minimum atomic E-state index is -0.902. The minimum absolute atomic E-state index is 0.0632. The molecule has 10 nitrogen and oxygen atoms in total. The van der Waals surface area contributed by atoms with Gasteiger partial charge in [-0.05, 0) is 0 Å². The highest BCUT2D eigenvalue weighted by Gasteiger charge is 2.28. The van der Waals surface area contributed by atoms with Gasteiger partial charge in [0.1, 0.15) is 5.56 Å². The molecule has 0 spiro atoms. The number of hydrogen-bond donors (Lipinski definition) is 0. The highest BCUT2D eigenvalue weighted by Crippen LogP contribution is 2.38. The molecule has 114 valence electrons. The van der Waals surface area contributed by atoms with Crippen molar-refractivity contribution < 1.29 is 28.3 Å². The topological polar surface area (TPSA) is 127 Å². The standard InChI is InChI=1S/C12H9N3O7/c1-6-13-14-11(22-6)4-19-12(16)7-2-9-10(21-5-20-9)3-8(7)15(17)18/h2-3H,4-5H2,1H3. The molecule has 2 heterocycles. The zero-order valence-corrected chi connectivity index (χ0v) is 11.3. The number of fused-ring (bicyclic) bond motifs is 1. The van der Waals surface area contributed by atoms with E-state index < -0.39 is 16.6 Å². The number of benzene rings is 1. The lowest BCUT2D eigenvalue weighted by Gasteiger charge is -2.04. The van der Waals surface area contributed by atoms with Gasteiger partial charge in [-0.25, -0.2) is 4.79 Å². The van der Waals surface area contributed by atoms with Gasteiger partial charge in [-0.15, -0.1) is 10.2 Å². The van der Waals surface area contributed by atoms with Crippen molar-refractivity contribution in [1.29, 1.82) is 0 Å². The summed E-state index contributed by atoms with van der Waals surface area (Å²) in [7, 11) is 0. The number of rotatable bonds is 4. The van der Waals surface area contributed by atoms with Crippen LogP contribution >= 0.6 is 0 Å². The van der Waals surface area contributed by atoms with Gasteiger partial charge >= 0.3 is 5.97 Å². The molecule has 1 aliphatic heterocycles. The van der Waals surface area contributed by atoms with Crippen LogP contribution in [0.4, 0.5) is 5.69 Å². The van der Waals surface area contributed by atoms with Crippen molar-refractivity contribution in [2.75, 3.05) is 6.79 Å². The van der Waals surface area contributed by atoms with Gasteiger partial charge in [0.05, 0.1) is 11.0 Å². The molecule has 3 rings (SSSR count). The van der Waals surface area contributed by atoms with E-state index in [-0.39, 0.29) is 36.4 Å². The first-order valence-electron chi connectivity index (χ1n) is 6.08. The molecular weight excluding hydrogens is 298 g/mol. The fraction of sp³-hybridized carbons (Fsp3) is 0.250. The third-order valence-electron chi connectivity index (χ3n) is 2.80. The Morgan fingerprint density at radius 1 is 1.36 bits per heavy atom. The highest BCUT2D eigenvalue weighted by atomic mass is 16.7. The van der Waals surface area contributed by atoms with Crippen LogP contribution in [0.25, 0.3) is 0 Å².